The molecule has 2 saturated carbocycles. The first-order chi connectivity index (χ1) is 19.0. The molecule has 5 rings (SSSR count). The topological polar surface area (TPSA) is 97.4 Å². The summed E-state index contributed by atoms with van der Waals surface area (Å²) in [4.78, 5) is 41.9. The number of esters is 1. The van der Waals surface area contributed by atoms with Gasteiger partial charge in [-0.05, 0) is 101 Å². The summed E-state index contributed by atoms with van der Waals surface area (Å²) in [5, 5.41) is 3.41. The Bertz CT molecular complexity index is 988. The lowest BCUT2D eigenvalue weighted by molar-refractivity contribution is -0.175. The Hall–Kier alpha value is -2.52. The van der Waals surface area contributed by atoms with Crippen molar-refractivity contribution in [1.82, 2.24) is 10.2 Å². The molecule has 2 heterocycles. The molecule has 9 nitrogen and oxygen atoms in total. The number of piperidine rings is 1. The number of nitrogens with zero attached hydrogens (tertiary/aromatic N) is 2. The largest absolute Gasteiger partial charge is 0.511 e. The Morgan fingerprint density at radius 2 is 1.55 bits per heavy atom. The highest BCUT2D eigenvalue weighted by Gasteiger charge is 2.38. The number of benzene rings is 1. The average Bonchev–Trinajstić information content (AvgIpc) is 3.35. The number of anilines is 1. The van der Waals surface area contributed by atoms with Crippen LogP contribution in [0.4, 0.5) is 15.3 Å². The summed E-state index contributed by atoms with van der Waals surface area (Å²) in [6.45, 7) is 5.05. The Morgan fingerprint density at radius 3 is 2.23 bits per heavy atom. The van der Waals surface area contributed by atoms with Crippen LogP contribution in [0, 0.1) is 5.92 Å². The van der Waals surface area contributed by atoms with E-state index in [2.05, 4.69) is 29.6 Å². The second kappa shape index (κ2) is 14.4. The Labute approximate surface area is 243 Å². The number of hydrogen-bond donors (Lipinski definition) is 1. The number of amides is 2. The Kier molecular flexibility index (Phi) is 11.0. The van der Waals surface area contributed by atoms with Gasteiger partial charge in [-0.3, -0.25) is 9.69 Å². The van der Waals surface area contributed by atoms with Crippen molar-refractivity contribution in [3.05, 3.63) is 29.8 Å². The van der Waals surface area contributed by atoms with Crippen LogP contribution in [0.25, 0.3) is 0 Å². The summed E-state index contributed by atoms with van der Waals surface area (Å²) in [5.74, 6) is -0.00879. The normalized spacial score (nSPS) is 25.2. The third kappa shape index (κ3) is 7.60. The molecular formula is C30H44ClN3O6. The van der Waals surface area contributed by atoms with E-state index < -0.39 is 12.4 Å². The number of urea groups is 1. The minimum atomic E-state index is -0.985. The number of carbonyl (C=O) groups is 3. The minimum absolute atomic E-state index is 0. The zero-order chi connectivity index (χ0) is 27.2. The van der Waals surface area contributed by atoms with Gasteiger partial charge < -0.3 is 24.4 Å². The summed E-state index contributed by atoms with van der Waals surface area (Å²) in [5.41, 5.74) is 2.31. The van der Waals surface area contributed by atoms with Crippen molar-refractivity contribution in [3.63, 3.8) is 0 Å². The predicted molar refractivity (Wildman–Crippen MR) is 154 cm³/mol. The van der Waals surface area contributed by atoms with Crippen LogP contribution in [0.3, 0.4) is 0 Å². The van der Waals surface area contributed by atoms with Crippen LogP contribution < -0.4 is 10.2 Å². The summed E-state index contributed by atoms with van der Waals surface area (Å²) in [6, 6.07) is 8.70. The fourth-order valence-electron chi connectivity index (χ4n) is 6.60. The maximum absolute atomic E-state index is 13.3. The molecule has 1 aromatic carbocycles. The number of ether oxygens (including phenoxy) is 3. The first-order valence-electron chi connectivity index (χ1n) is 14.9. The van der Waals surface area contributed by atoms with E-state index in [4.69, 9.17) is 14.2 Å². The highest BCUT2D eigenvalue weighted by Crippen LogP contribution is 2.33. The number of halogens is 1. The standard InChI is InChI=1S/C30H43N3O6.ClH/c1-21(38-30(36)39-27-5-3-2-4-6-27)37-28(34)24-9-13-26(14-10-24)33-20-19-32(29(33)35)25-11-7-22(8-12-25)23-15-17-31-18-16-23;/h7-8,11-12,21,23-24,26-27,31H,2-6,9-10,13-20H2,1H3;1H. The predicted octanol–water partition coefficient (Wildman–Crippen LogP) is 5.75. The van der Waals surface area contributed by atoms with Crippen LogP contribution >= 0.6 is 12.4 Å². The summed E-state index contributed by atoms with van der Waals surface area (Å²) < 4.78 is 15.9. The van der Waals surface area contributed by atoms with Gasteiger partial charge in [-0.2, -0.15) is 0 Å². The lowest BCUT2D eigenvalue weighted by Crippen LogP contribution is -2.42. The minimum Gasteiger partial charge on any atom is -0.431 e. The Morgan fingerprint density at radius 1 is 0.875 bits per heavy atom. The zero-order valence-corrected chi connectivity index (χ0v) is 24.4. The summed E-state index contributed by atoms with van der Waals surface area (Å²) in [7, 11) is 0. The maximum atomic E-state index is 13.3. The molecular weight excluding hydrogens is 534 g/mol. The van der Waals surface area contributed by atoms with Crippen LogP contribution in [0.5, 0.6) is 0 Å². The van der Waals surface area contributed by atoms with Crippen LogP contribution in [0.1, 0.15) is 89.0 Å². The maximum Gasteiger partial charge on any atom is 0.511 e. The molecule has 0 spiro atoms. The molecule has 1 unspecified atom stereocenters. The van der Waals surface area contributed by atoms with E-state index in [0.717, 1.165) is 70.1 Å². The molecule has 0 bridgehead atoms. The molecule has 0 radical (unpaired) electrons. The van der Waals surface area contributed by atoms with Gasteiger partial charge in [0.1, 0.15) is 6.10 Å². The van der Waals surface area contributed by atoms with Crippen LogP contribution in [0.2, 0.25) is 0 Å². The van der Waals surface area contributed by atoms with Gasteiger partial charge in [-0.15, -0.1) is 12.4 Å². The quantitative estimate of drug-likeness (QED) is 0.325. The molecule has 1 N–H and O–H groups in total. The lowest BCUT2D eigenvalue weighted by Gasteiger charge is -2.34. The van der Waals surface area contributed by atoms with Gasteiger partial charge in [0.15, 0.2) is 0 Å². The smallest absolute Gasteiger partial charge is 0.431 e. The van der Waals surface area contributed by atoms with E-state index in [1.54, 1.807) is 6.92 Å². The van der Waals surface area contributed by atoms with Gasteiger partial charge in [-0.25, -0.2) is 9.59 Å². The van der Waals surface area contributed by atoms with E-state index in [-0.39, 0.29) is 42.5 Å². The molecule has 1 atom stereocenters. The van der Waals surface area contributed by atoms with Gasteiger partial charge in [0.05, 0.1) is 5.92 Å². The van der Waals surface area contributed by atoms with E-state index in [1.807, 2.05) is 9.80 Å². The number of hydrogen-bond acceptors (Lipinski definition) is 7. The van der Waals surface area contributed by atoms with Crippen molar-refractivity contribution in [3.8, 4) is 0 Å². The fourth-order valence-corrected chi connectivity index (χ4v) is 6.60. The molecule has 4 aliphatic rings. The van der Waals surface area contributed by atoms with Crippen LogP contribution in [0.15, 0.2) is 24.3 Å². The molecule has 10 heteroatoms. The monoisotopic (exact) mass is 577 g/mol. The average molecular weight is 578 g/mol. The third-order valence-electron chi connectivity index (χ3n) is 8.89. The molecule has 40 heavy (non-hydrogen) atoms. The Balaban J connectivity index is 0.00000370. The van der Waals surface area contributed by atoms with Gasteiger partial charge in [0, 0.05) is 31.7 Å². The van der Waals surface area contributed by atoms with Crippen LogP contribution in [-0.4, -0.2) is 67.7 Å². The van der Waals surface area contributed by atoms with Crippen LogP contribution in [-0.2, 0) is 19.0 Å². The molecule has 1 aromatic rings. The van der Waals surface area contributed by atoms with Crippen molar-refractivity contribution in [2.75, 3.05) is 31.1 Å². The van der Waals surface area contributed by atoms with Crippen molar-refractivity contribution in [2.24, 2.45) is 5.92 Å². The van der Waals surface area contributed by atoms with Crippen molar-refractivity contribution < 1.29 is 28.6 Å². The fraction of sp³-hybridized carbons (Fsp3) is 0.700. The highest BCUT2D eigenvalue weighted by molar-refractivity contribution is 5.94. The number of carbonyl (C=O) groups excluding carboxylic acids is 3. The molecule has 0 aromatic heterocycles. The molecule has 2 saturated heterocycles. The summed E-state index contributed by atoms with van der Waals surface area (Å²) in [6.07, 6.45) is 8.25. The van der Waals surface area contributed by atoms with Crippen molar-refractivity contribution >= 4 is 36.3 Å². The van der Waals surface area contributed by atoms with Gasteiger partial charge in [0.25, 0.3) is 0 Å². The van der Waals surface area contributed by atoms with Gasteiger partial charge in [-0.1, -0.05) is 18.6 Å². The van der Waals surface area contributed by atoms with E-state index in [9.17, 15) is 14.4 Å². The molecule has 2 amide bonds. The SMILES string of the molecule is CC(OC(=O)OC1CCCCC1)OC(=O)C1CCC(N2CCN(c3ccc(C4CCNCC4)cc3)C2=O)CC1.Cl. The first kappa shape index (κ1) is 30.4. The van der Waals surface area contributed by atoms with Crippen molar-refractivity contribution in [1.29, 1.82) is 0 Å². The van der Waals surface area contributed by atoms with Gasteiger partial charge in [0.2, 0.25) is 6.29 Å². The molecule has 2 aliphatic heterocycles. The van der Waals surface area contributed by atoms with E-state index in [1.165, 1.54) is 12.0 Å². The second-order valence-corrected chi connectivity index (χ2v) is 11.5. The molecule has 2 aliphatic carbocycles. The van der Waals surface area contributed by atoms with Crippen molar-refractivity contribution in [2.45, 2.75) is 102 Å². The molecule has 222 valence electrons. The zero-order valence-electron chi connectivity index (χ0n) is 23.6. The van der Waals surface area contributed by atoms with E-state index in [0.29, 0.717) is 31.8 Å². The highest BCUT2D eigenvalue weighted by atomic mass is 35.5. The van der Waals surface area contributed by atoms with Gasteiger partial charge >= 0.3 is 18.2 Å². The summed E-state index contributed by atoms with van der Waals surface area (Å²) >= 11 is 0. The second-order valence-electron chi connectivity index (χ2n) is 11.5. The lowest BCUT2D eigenvalue weighted by atomic mass is 9.85. The van der Waals surface area contributed by atoms with E-state index >= 15 is 0 Å². The molecule has 4 fully saturated rings. The third-order valence-corrected chi connectivity index (χ3v) is 8.89. The number of rotatable bonds is 7. The number of nitrogens with one attached hydrogen (secondary N) is 1. The first-order valence-corrected chi connectivity index (χ1v) is 14.9.